The molecule has 0 amide bonds. The lowest BCUT2D eigenvalue weighted by molar-refractivity contribution is 0.0297. The maximum absolute atomic E-state index is 11.0. The van der Waals surface area contributed by atoms with Gasteiger partial charge in [-0.15, -0.1) is 0 Å². The largest absolute Gasteiger partial charge is 0.378 e. The molecule has 3 nitrogen and oxygen atoms in total. The van der Waals surface area contributed by atoms with Gasteiger partial charge in [0.05, 0.1) is 18.5 Å². The van der Waals surface area contributed by atoms with Gasteiger partial charge in [-0.25, -0.2) is 8.42 Å². The van der Waals surface area contributed by atoms with Gasteiger partial charge in [0.15, 0.2) is 0 Å². The Labute approximate surface area is 104 Å². The lowest BCUT2D eigenvalue weighted by Crippen LogP contribution is -2.25. The van der Waals surface area contributed by atoms with Crippen LogP contribution in [0.4, 0.5) is 0 Å². The zero-order valence-electron chi connectivity index (χ0n) is 10.6. The van der Waals surface area contributed by atoms with E-state index in [4.69, 9.17) is 15.4 Å². The molecule has 0 rings (SSSR count). The van der Waals surface area contributed by atoms with Crippen LogP contribution in [-0.4, -0.2) is 26.9 Å². The standard InChI is InChI=1S/C11H23ClO3S/c1-5-6-10(4)15-7-11(9(2)3)8-16(12,13)14/h9-11H,5-8H2,1-4H3. The van der Waals surface area contributed by atoms with E-state index in [-0.39, 0.29) is 23.7 Å². The molecule has 0 fully saturated rings. The first-order valence-electron chi connectivity index (χ1n) is 5.80. The van der Waals surface area contributed by atoms with Crippen LogP contribution in [-0.2, 0) is 13.8 Å². The third-order valence-electron chi connectivity index (χ3n) is 2.65. The topological polar surface area (TPSA) is 43.4 Å². The van der Waals surface area contributed by atoms with Gasteiger partial charge in [0, 0.05) is 10.7 Å². The van der Waals surface area contributed by atoms with E-state index in [0.717, 1.165) is 12.8 Å². The first-order chi connectivity index (χ1) is 7.26. The molecule has 0 aromatic heterocycles. The van der Waals surface area contributed by atoms with E-state index in [2.05, 4.69) is 6.92 Å². The maximum Gasteiger partial charge on any atom is 0.232 e. The van der Waals surface area contributed by atoms with Crippen LogP contribution < -0.4 is 0 Å². The van der Waals surface area contributed by atoms with Crippen molar-refractivity contribution in [3.8, 4) is 0 Å². The second-order valence-electron chi connectivity index (χ2n) is 4.64. The molecule has 5 heteroatoms. The van der Waals surface area contributed by atoms with Crippen LogP contribution in [0.1, 0.15) is 40.5 Å². The predicted molar refractivity (Wildman–Crippen MR) is 68.3 cm³/mol. The summed E-state index contributed by atoms with van der Waals surface area (Å²) in [5, 5.41) is 0. The Morgan fingerprint density at radius 1 is 1.25 bits per heavy atom. The fraction of sp³-hybridized carbons (Fsp3) is 1.00. The van der Waals surface area contributed by atoms with Crippen LogP contribution in [0.25, 0.3) is 0 Å². The molecule has 0 radical (unpaired) electrons. The number of ether oxygens (including phenoxy) is 1. The lowest BCUT2D eigenvalue weighted by Gasteiger charge is -2.21. The maximum atomic E-state index is 11.0. The summed E-state index contributed by atoms with van der Waals surface area (Å²) in [6.07, 6.45) is 2.25. The average Bonchev–Trinajstić information content (AvgIpc) is 2.10. The van der Waals surface area contributed by atoms with E-state index in [0.29, 0.717) is 6.61 Å². The second kappa shape index (κ2) is 7.51. The van der Waals surface area contributed by atoms with Crippen molar-refractivity contribution in [1.29, 1.82) is 0 Å². The summed E-state index contributed by atoms with van der Waals surface area (Å²) in [5.41, 5.74) is 0. The van der Waals surface area contributed by atoms with Crippen LogP contribution in [0, 0.1) is 11.8 Å². The van der Waals surface area contributed by atoms with Crippen LogP contribution in [0.5, 0.6) is 0 Å². The molecule has 0 aromatic rings. The van der Waals surface area contributed by atoms with Crippen molar-refractivity contribution >= 4 is 19.7 Å². The minimum Gasteiger partial charge on any atom is -0.378 e. The number of rotatable bonds is 8. The van der Waals surface area contributed by atoms with E-state index < -0.39 is 9.05 Å². The van der Waals surface area contributed by atoms with Gasteiger partial charge in [-0.1, -0.05) is 27.2 Å². The van der Waals surface area contributed by atoms with E-state index in [1.54, 1.807) is 0 Å². The van der Waals surface area contributed by atoms with Crippen LogP contribution in [0.15, 0.2) is 0 Å². The molecule has 0 bridgehead atoms. The van der Waals surface area contributed by atoms with Gasteiger partial charge in [0.2, 0.25) is 9.05 Å². The highest BCUT2D eigenvalue weighted by molar-refractivity contribution is 8.13. The molecule has 98 valence electrons. The van der Waals surface area contributed by atoms with Gasteiger partial charge in [0.25, 0.3) is 0 Å². The molecule has 0 saturated carbocycles. The van der Waals surface area contributed by atoms with Gasteiger partial charge in [0.1, 0.15) is 0 Å². The highest BCUT2D eigenvalue weighted by Gasteiger charge is 2.21. The fourth-order valence-corrected chi connectivity index (χ4v) is 2.94. The number of hydrogen-bond donors (Lipinski definition) is 0. The summed E-state index contributed by atoms with van der Waals surface area (Å²) in [6.45, 7) is 8.55. The van der Waals surface area contributed by atoms with Gasteiger partial charge in [-0.05, 0) is 25.2 Å². The highest BCUT2D eigenvalue weighted by Crippen LogP contribution is 2.17. The molecular formula is C11H23ClO3S. The molecule has 0 saturated heterocycles. The van der Waals surface area contributed by atoms with Crippen LogP contribution in [0.2, 0.25) is 0 Å². The molecular weight excluding hydrogens is 248 g/mol. The molecule has 0 heterocycles. The zero-order valence-corrected chi connectivity index (χ0v) is 12.1. The molecule has 0 aliphatic carbocycles. The minimum absolute atomic E-state index is 0.00886. The third-order valence-corrected chi connectivity index (χ3v) is 3.85. The molecule has 0 aliphatic heterocycles. The summed E-state index contributed by atoms with van der Waals surface area (Å²) < 4.78 is 27.7. The highest BCUT2D eigenvalue weighted by atomic mass is 35.7. The Morgan fingerprint density at radius 2 is 1.81 bits per heavy atom. The molecule has 0 N–H and O–H groups in total. The Kier molecular flexibility index (Phi) is 7.61. The SMILES string of the molecule is CCCC(C)OCC(CS(=O)(=O)Cl)C(C)C. The first-order valence-corrected chi connectivity index (χ1v) is 8.28. The molecule has 0 spiro atoms. The molecule has 0 aromatic carbocycles. The predicted octanol–water partition coefficient (Wildman–Crippen LogP) is 3.03. The number of hydrogen-bond acceptors (Lipinski definition) is 3. The first kappa shape index (κ1) is 16.2. The molecule has 2 unspecified atom stereocenters. The van der Waals surface area contributed by atoms with E-state index in [1.807, 2.05) is 20.8 Å². The lowest BCUT2D eigenvalue weighted by atomic mass is 9.99. The van der Waals surface area contributed by atoms with Crippen LogP contribution in [0.3, 0.4) is 0 Å². The van der Waals surface area contributed by atoms with Crippen molar-refractivity contribution in [2.75, 3.05) is 12.4 Å². The quantitative estimate of drug-likeness (QED) is 0.637. The van der Waals surface area contributed by atoms with E-state index in [1.165, 1.54) is 0 Å². The molecule has 0 aliphatic rings. The Hall–Kier alpha value is 0.200. The Bertz CT molecular complexity index is 275. The summed E-state index contributed by atoms with van der Waals surface area (Å²) >= 11 is 0. The molecule has 2 atom stereocenters. The van der Waals surface area contributed by atoms with Crippen molar-refractivity contribution in [1.82, 2.24) is 0 Å². The van der Waals surface area contributed by atoms with E-state index in [9.17, 15) is 8.42 Å². The summed E-state index contributed by atoms with van der Waals surface area (Å²) in [5.74, 6) is 0.217. The van der Waals surface area contributed by atoms with Gasteiger partial charge in [-0.2, -0.15) is 0 Å². The smallest absolute Gasteiger partial charge is 0.232 e. The van der Waals surface area contributed by atoms with Gasteiger partial charge < -0.3 is 4.74 Å². The summed E-state index contributed by atoms with van der Waals surface area (Å²) in [6, 6.07) is 0. The molecule has 16 heavy (non-hydrogen) atoms. The van der Waals surface area contributed by atoms with Crippen LogP contribution >= 0.6 is 10.7 Å². The zero-order chi connectivity index (χ0) is 12.8. The summed E-state index contributed by atoms with van der Waals surface area (Å²) in [7, 11) is 1.83. The second-order valence-corrected chi connectivity index (χ2v) is 7.46. The fourth-order valence-electron chi connectivity index (χ4n) is 1.47. The number of halogens is 1. The minimum atomic E-state index is -3.44. The van der Waals surface area contributed by atoms with E-state index >= 15 is 0 Å². The summed E-state index contributed by atoms with van der Waals surface area (Å²) in [4.78, 5) is 0. The normalized spacial score (nSPS) is 16.4. The van der Waals surface area contributed by atoms with Crippen molar-refractivity contribution in [2.45, 2.75) is 46.6 Å². The van der Waals surface area contributed by atoms with Crippen molar-refractivity contribution in [3.05, 3.63) is 0 Å². The van der Waals surface area contributed by atoms with Crippen molar-refractivity contribution < 1.29 is 13.2 Å². The monoisotopic (exact) mass is 270 g/mol. The average molecular weight is 271 g/mol. The van der Waals surface area contributed by atoms with Gasteiger partial charge >= 0.3 is 0 Å². The third kappa shape index (κ3) is 8.36. The van der Waals surface area contributed by atoms with Crippen molar-refractivity contribution in [2.24, 2.45) is 11.8 Å². The van der Waals surface area contributed by atoms with Gasteiger partial charge in [-0.3, -0.25) is 0 Å². The Balaban J connectivity index is 4.15. The Morgan fingerprint density at radius 3 is 2.19 bits per heavy atom. The van der Waals surface area contributed by atoms with Crippen molar-refractivity contribution in [3.63, 3.8) is 0 Å².